The van der Waals surface area contributed by atoms with Crippen LogP contribution in [-0.2, 0) is 16.4 Å². The van der Waals surface area contributed by atoms with Crippen molar-refractivity contribution in [1.29, 1.82) is 0 Å². The lowest BCUT2D eigenvalue weighted by Gasteiger charge is -2.32. The third-order valence-corrected chi connectivity index (χ3v) is 5.94. The number of hydrogen-bond acceptors (Lipinski definition) is 3. The number of nitrogens with one attached hydrogen (secondary N) is 1. The molecule has 0 atom stereocenters. The number of benzene rings is 2. The van der Waals surface area contributed by atoms with Crippen molar-refractivity contribution >= 4 is 27.3 Å². The molecular weight excluding hydrogens is 346 g/mol. The second-order valence-corrected chi connectivity index (χ2v) is 8.79. The Morgan fingerprint density at radius 2 is 1.92 bits per heavy atom. The molecule has 0 unspecified atom stereocenters. The first-order valence-corrected chi connectivity index (χ1v) is 9.63. The molecule has 0 fully saturated rings. The molecule has 24 heavy (non-hydrogen) atoms. The molecule has 1 aliphatic rings. The fourth-order valence-electron chi connectivity index (χ4n) is 2.67. The number of hydrogen-bond donors (Lipinski definition) is 1. The molecule has 6 heteroatoms. The van der Waals surface area contributed by atoms with Crippen LogP contribution < -0.4 is 9.46 Å². The van der Waals surface area contributed by atoms with Gasteiger partial charge in [-0.05, 0) is 75.1 Å². The van der Waals surface area contributed by atoms with Crippen LogP contribution in [-0.4, -0.2) is 14.0 Å². The van der Waals surface area contributed by atoms with E-state index in [0.717, 1.165) is 29.7 Å². The third kappa shape index (κ3) is 3.52. The monoisotopic (exact) mass is 365 g/mol. The van der Waals surface area contributed by atoms with E-state index in [-0.39, 0.29) is 10.5 Å². The lowest BCUT2D eigenvalue weighted by Crippen LogP contribution is -2.32. The zero-order valence-electron chi connectivity index (χ0n) is 13.9. The number of sulfonamides is 1. The molecule has 2 aromatic rings. The average molecular weight is 366 g/mol. The van der Waals surface area contributed by atoms with Crippen molar-refractivity contribution in [2.75, 3.05) is 4.72 Å². The molecule has 3 rings (SSSR count). The van der Waals surface area contributed by atoms with Gasteiger partial charge < -0.3 is 4.74 Å². The van der Waals surface area contributed by atoms with Gasteiger partial charge in [0.2, 0.25) is 0 Å². The maximum Gasteiger partial charge on any atom is 0.261 e. The van der Waals surface area contributed by atoms with Crippen LogP contribution in [0.15, 0.2) is 41.3 Å². The molecule has 4 nitrogen and oxygen atoms in total. The number of rotatable bonds is 3. The highest BCUT2D eigenvalue weighted by Gasteiger charge is 2.27. The lowest BCUT2D eigenvalue weighted by atomic mass is 9.94. The van der Waals surface area contributed by atoms with Crippen molar-refractivity contribution in [1.82, 2.24) is 0 Å². The van der Waals surface area contributed by atoms with E-state index in [9.17, 15) is 8.42 Å². The van der Waals surface area contributed by atoms with Gasteiger partial charge in [0.15, 0.2) is 0 Å². The van der Waals surface area contributed by atoms with Crippen LogP contribution in [0.3, 0.4) is 0 Å². The molecule has 0 radical (unpaired) electrons. The maximum absolute atomic E-state index is 12.6. The summed E-state index contributed by atoms with van der Waals surface area (Å²) in [5.74, 6) is 0.753. The van der Waals surface area contributed by atoms with E-state index in [2.05, 4.69) is 4.72 Å². The molecule has 0 aromatic heterocycles. The van der Waals surface area contributed by atoms with Crippen molar-refractivity contribution in [2.24, 2.45) is 0 Å². The average Bonchev–Trinajstić information content (AvgIpc) is 2.49. The Morgan fingerprint density at radius 3 is 2.62 bits per heavy atom. The Hall–Kier alpha value is -1.72. The highest BCUT2D eigenvalue weighted by atomic mass is 35.5. The Balaban J connectivity index is 1.89. The second-order valence-electron chi connectivity index (χ2n) is 6.70. The molecule has 0 aliphatic carbocycles. The van der Waals surface area contributed by atoms with Gasteiger partial charge in [-0.2, -0.15) is 0 Å². The van der Waals surface area contributed by atoms with E-state index in [1.807, 2.05) is 20.8 Å². The Labute approximate surface area is 147 Å². The highest BCUT2D eigenvalue weighted by molar-refractivity contribution is 7.92. The van der Waals surface area contributed by atoms with E-state index in [0.29, 0.717) is 10.7 Å². The Kier molecular flexibility index (Phi) is 4.26. The van der Waals surface area contributed by atoms with E-state index < -0.39 is 10.0 Å². The van der Waals surface area contributed by atoms with E-state index in [4.69, 9.17) is 16.3 Å². The lowest BCUT2D eigenvalue weighted by molar-refractivity contribution is 0.0845. The van der Waals surface area contributed by atoms with Gasteiger partial charge in [0.05, 0.1) is 10.6 Å². The normalized spacial score (nSPS) is 16.2. The largest absolute Gasteiger partial charge is 0.488 e. The summed E-state index contributed by atoms with van der Waals surface area (Å²) in [5, 5.41) is 0.524. The minimum absolute atomic E-state index is 0.218. The maximum atomic E-state index is 12.6. The van der Waals surface area contributed by atoms with Crippen LogP contribution in [0.4, 0.5) is 5.69 Å². The van der Waals surface area contributed by atoms with Gasteiger partial charge in [-0.1, -0.05) is 17.7 Å². The third-order valence-electron chi connectivity index (χ3n) is 4.15. The minimum Gasteiger partial charge on any atom is -0.488 e. The smallest absolute Gasteiger partial charge is 0.261 e. The predicted molar refractivity (Wildman–Crippen MR) is 96.5 cm³/mol. The summed E-state index contributed by atoms with van der Waals surface area (Å²) in [6.07, 6.45) is 1.65. The van der Waals surface area contributed by atoms with Crippen LogP contribution in [0.2, 0.25) is 5.02 Å². The molecule has 128 valence electrons. The number of anilines is 1. The van der Waals surface area contributed by atoms with Crippen molar-refractivity contribution < 1.29 is 13.2 Å². The first-order chi connectivity index (χ1) is 11.2. The van der Waals surface area contributed by atoms with E-state index in [1.54, 1.807) is 36.4 Å². The molecule has 1 heterocycles. The van der Waals surface area contributed by atoms with Gasteiger partial charge in [-0.25, -0.2) is 8.42 Å². The van der Waals surface area contributed by atoms with Gasteiger partial charge in [0.1, 0.15) is 11.4 Å². The predicted octanol–water partition coefficient (Wildman–Crippen LogP) is 4.55. The van der Waals surface area contributed by atoms with Crippen LogP contribution in [0.5, 0.6) is 5.75 Å². The quantitative estimate of drug-likeness (QED) is 0.867. The first kappa shape index (κ1) is 17.1. The fraction of sp³-hybridized carbons (Fsp3) is 0.333. The zero-order valence-corrected chi connectivity index (χ0v) is 15.5. The van der Waals surface area contributed by atoms with Crippen LogP contribution in [0.25, 0.3) is 0 Å². The number of ether oxygens (including phenoxy) is 1. The van der Waals surface area contributed by atoms with Gasteiger partial charge in [-0.15, -0.1) is 0 Å². The van der Waals surface area contributed by atoms with Crippen LogP contribution >= 0.6 is 11.6 Å². The summed E-state index contributed by atoms with van der Waals surface area (Å²) < 4.78 is 33.7. The molecule has 1 N–H and O–H groups in total. The summed E-state index contributed by atoms with van der Waals surface area (Å²) in [6, 6.07) is 10.1. The topological polar surface area (TPSA) is 55.4 Å². The molecule has 0 spiro atoms. The van der Waals surface area contributed by atoms with Crippen molar-refractivity contribution in [2.45, 2.75) is 44.1 Å². The van der Waals surface area contributed by atoms with Crippen molar-refractivity contribution in [3.05, 3.63) is 52.5 Å². The van der Waals surface area contributed by atoms with Crippen molar-refractivity contribution in [3.8, 4) is 5.75 Å². The van der Waals surface area contributed by atoms with Gasteiger partial charge in [-0.3, -0.25) is 4.72 Å². The number of aryl methyl sites for hydroxylation is 2. The molecule has 0 bridgehead atoms. The molecule has 0 saturated heterocycles. The zero-order chi connectivity index (χ0) is 17.5. The summed E-state index contributed by atoms with van der Waals surface area (Å²) in [6.45, 7) is 5.93. The summed E-state index contributed by atoms with van der Waals surface area (Å²) in [4.78, 5) is 0.223. The standard InChI is InChI=1S/C18H20ClNO3S/c1-12-4-5-14(11-16(12)19)20-24(21,22)15-6-7-17-13(10-15)8-9-18(2,3)23-17/h4-7,10-11,20H,8-9H2,1-3H3. The van der Waals surface area contributed by atoms with E-state index >= 15 is 0 Å². The van der Waals surface area contributed by atoms with Crippen molar-refractivity contribution in [3.63, 3.8) is 0 Å². The summed E-state index contributed by atoms with van der Waals surface area (Å²) in [7, 11) is -3.67. The van der Waals surface area contributed by atoms with Gasteiger partial charge in [0, 0.05) is 5.02 Å². The highest BCUT2D eigenvalue weighted by Crippen LogP contribution is 2.34. The summed E-state index contributed by atoms with van der Waals surface area (Å²) in [5.41, 5.74) is 2.04. The summed E-state index contributed by atoms with van der Waals surface area (Å²) >= 11 is 6.06. The number of halogens is 1. The molecule has 2 aromatic carbocycles. The van der Waals surface area contributed by atoms with Gasteiger partial charge >= 0.3 is 0 Å². The Bertz CT molecular complexity index is 891. The fourth-order valence-corrected chi connectivity index (χ4v) is 3.95. The second kappa shape index (κ2) is 5.97. The van der Waals surface area contributed by atoms with Gasteiger partial charge in [0.25, 0.3) is 10.0 Å². The Morgan fingerprint density at radius 1 is 1.17 bits per heavy atom. The number of fused-ring (bicyclic) bond motifs is 1. The molecule has 0 saturated carbocycles. The SMILES string of the molecule is Cc1ccc(NS(=O)(=O)c2ccc3c(c2)CCC(C)(C)O3)cc1Cl. The first-order valence-electron chi connectivity index (χ1n) is 7.77. The van der Waals surface area contributed by atoms with Crippen LogP contribution in [0.1, 0.15) is 31.4 Å². The van der Waals surface area contributed by atoms with E-state index in [1.165, 1.54) is 0 Å². The molecule has 0 amide bonds. The van der Waals surface area contributed by atoms with Crippen LogP contribution in [0, 0.1) is 6.92 Å². The molecule has 1 aliphatic heterocycles. The molecular formula is C18H20ClNO3S. The minimum atomic E-state index is -3.67.